The van der Waals surface area contributed by atoms with Crippen molar-refractivity contribution in [3.63, 3.8) is 0 Å². The van der Waals surface area contributed by atoms with Crippen LogP contribution in [0.5, 0.6) is 0 Å². The molecule has 0 aliphatic carbocycles. The van der Waals surface area contributed by atoms with Crippen LogP contribution in [-0.2, 0) is 9.47 Å². The second kappa shape index (κ2) is 12.8. The average Bonchev–Trinajstić information content (AvgIpc) is 2.44. The molecule has 4 N–H and O–H groups in total. The summed E-state index contributed by atoms with van der Waals surface area (Å²) in [6.07, 6.45) is 0. The molecule has 0 atom stereocenters. The minimum atomic E-state index is -0.456. The van der Waals surface area contributed by atoms with Crippen molar-refractivity contribution in [2.45, 2.75) is 4.90 Å². The standard InChI is InChI=1S/C6H16N2O2.C6H5NO2S/c7-1-3-9-5-6-10-4-2-8;8-7(9)5-3-1-2-4-6(5)10/h1-8H2;1-4,10H. The Morgan fingerprint density at radius 2 is 1.55 bits per heavy atom. The summed E-state index contributed by atoms with van der Waals surface area (Å²) in [6.45, 7) is 3.56. The predicted molar refractivity (Wildman–Crippen MR) is 80.1 cm³/mol. The van der Waals surface area contributed by atoms with Crippen LogP contribution < -0.4 is 11.5 Å². The molecule has 0 fully saturated rings. The normalized spacial score (nSPS) is 9.75. The molecule has 0 aromatic heterocycles. The van der Waals surface area contributed by atoms with Gasteiger partial charge >= 0.3 is 0 Å². The van der Waals surface area contributed by atoms with Crippen molar-refractivity contribution in [2.24, 2.45) is 11.5 Å². The Labute approximate surface area is 123 Å². The lowest BCUT2D eigenvalue weighted by Crippen LogP contribution is -2.14. The average molecular weight is 303 g/mol. The summed E-state index contributed by atoms with van der Waals surface area (Å²) in [5, 5.41) is 10.2. The molecule has 0 saturated carbocycles. The van der Waals surface area contributed by atoms with Gasteiger partial charge in [-0.25, -0.2) is 0 Å². The van der Waals surface area contributed by atoms with E-state index < -0.39 is 4.92 Å². The van der Waals surface area contributed by atoms with Crippen LogP contribution in [0, 0.1) is 10.1 Å². The van der Waals surface area contributed by atoms with Gasteiger partial charge in [0.1, 0.15) is 0 Å². The van der Waals surface area contributed by atoms with E-state index in [1.165, 1.54) is 6.07 Å². The SMILES string of the molecule is NCCOCCOCCN.O=[N+]([O-])c1ccccc1S. The summed E-state index contributed by atoms with van der Waals surface area (Å²) in [5.74, 6) is 0. The minimum absolute atomic E-state index is 0.0471. The van der Waals surface area contributed by atoms with Gasteiger partial charge < -0.3 is 20.9 Å². The zero-order valence-corrected chi connectivity index (χ0v) is 12.1. The highest BCUT2D eigenvalue weighted by Crippen LogP contribution is 2.20. The molecule has 0 unspecified atom stereocenters. The van der Waals surface area contributed by atoms with Gasteiger partial charge in [-0.2, -0.15) is 0 Å². The Kier molecular flexibility index (Phi) is 12.1. The van der Waals surface area contributed by atoms with Gasteiger partial charge in [0.05, 0.1) is 36.2 Å². The second-order valence-electron chi connectivity index (χ2n) is 3.55. The number of benzene rings is 1. The number of nitrogens with zero attached hydrogens (tertiary/aromatic N) is 1. The fraction of sp³-hybridized carbons (Fsp3) is 0.500. The van der Waals surface area contributed by atoms with Crippen LogP contribution in [0.4, 0.5) is 5.69 Å². The van der Waals surface area contributed by atoms with Crippen molar-refractivity contribution in [1.29, 1.82) is 0 Å². The maximum Gasteiger partial charge on any atom is 0.282 e. The number of hydrogen-bond donors (Lipinski definition) is 3. The van der Waals surface area contributed by atoms with E-state index in [1.54, 1.807) is 18.2 Å². The molecule has 0 radical (unpaired) electrons. The van der Waals surface area contributed by atoms with Gasteiger partial charge in [-0.1, -0.05) is 12.1 Å². The van der Waals surface area contributed by atoms with Crippen LogP contribution in [0.1, 0.15) is 0 Å². The molecular weight excluding hydrogens is 282 g/mol. The smallest absolute Gasteiger partial charge is 0.282 e. The number of nitro groups is 1. The van der Waals surface area contributed by atoms with E-state index in [0.717, 1.165) is 0 Å². The van der Waals surface area contributed by atoms with E-state index in [1.807, 2.05) is 0 Å². The molecule has 0 heterocycles. The van der Waals surface area contributed by atoms with E-state index in [0.29, 0.717) is 44.4 Å². The first-order chi connectivity index (χ1) is 9.63. The van der Waals surface area contributed by atoms with Crippen molar-refractivity contribution in [2.75, 3.05) is 39.5 Å². The highest BCUT2D eigenvalue weighted by atomic mass is 32.1. The Morgan fingerprint density at radius 1 is 1.05 bits per heavy atom. The molecule has 1 aromatic rings. The first kappa shape index (κ1) is 18.8. The third kappa shape index (κ3) is 9.70. The molecule has 1 rings (SSSR count). The van der Waals surface area contributed by atoms with Crippen molar-refractivity contribution in [3.8, 4) is 0 Å². The lowest BCUT2D eigenvalue weighted by Gasteiger charge is -2.02. The van der Waals surface area contributed by atoms with E-state index in [4.69, 9.17) is 20.9 Å². The van der Waals surface area contributed by atoms with Gasteiger partial charge in [0.25, 0.3) is 5.69 Å². The zero-order chi connectivity index (χ0) is 15.2. The molecule has 114 valence electrons. The van der Waals surface area contributed by atoms with Crippen LogP contribution in [0.3, 0.4) is 0 Å². The molecule has 0 saturated heterocycles. The van der Waals surface area contributed by atoms with Crippen molar-refractivity contribution in [1.82, 2.24) is 0 Å². The number of nitro benzene ring substituents is 1. The van der Waals surface area contributed by atoms with Crippen LogP contribution >= 0.6 is 12.6 Å². The third-order valence-electron chi connectivity index (χ3n) is 1.97. The lowest BCUT2D eigenvalue weighted by atomic mass is 10.3. The van der Waals surface area contributed by atoms with Gasteiger partial charge in [0, 0.05) is 19.2 Å². The topological polar surface area (TPSA) is 114 Å². The predicted octanol–water partition coefficient (Wildman–Crippen LogP) is 0.821. The first-order valence-corrected chi connectivity index (χ1v) is 6.56. The van der Waals surface area contributed by atoms with Crippen LogP contribution in [0.15, 0.2) is 29.2 Å². The van der Waals surface area contributed by atoms with Crippen molar-refractivity contribution >= 4 is 18.3 Å². The Hall–Kier alpha value is -1.19. The summed E-state index contributed by atoms with van der Waals surface area (Å²) in [4.78, 5) is 10.1. The fourth-order valence-electron chi connectivity index (χ4n) is 1.11. The number of rotatable bonds is 8. The lowest BCUT2D eigenvalue weighted by molar-refractivity contribution is -0.387. The summed E-state index contributed by atoms with van der Waals surface area (Å²) in [5.41, 5.74) is 10.4. The maximum absolute atomic E-state index is 10.2. The molecule has 0 spiro atoms. The molecular formula is C12H21N3O4S. The summed E-state index contributed by atoms with van der Waals surface area (Å²) in [6, 6.07) is 6.32. The number of para-hydroxylation sites is 1. The van der Waals surface area contributed by atoms with E-state index in [-0.39, 0.29) is 5.69 Å². The zero-order valence-electron chi connectivity index (χ0n) is 11.2. The Bertz CT molecular complexity index is 371. The Morgan fingerprint density at radius 3 is 1.90 bits per heavy atom. The summed E-state index contributed by atoms with van der Waals surface area (Å²) >= 11 is 3.90. The second-order valence-corrected chi connectivity index (χ2v) is 4.03. The minimum Gasteiger partial charge on any atom is -0.378 e. The van der Waals surface area contributed by atoms with E-state index in [2.05, 4.69) is 12.6 Å². The monoisotopic (exact) mass is 303 g/mol. The highest BCUT2D eigenvalue weighted by molar-refractivity contribution is 7.80. The third-order valence-corrected chi connectivity index (χ3v) is 2.35. The van der Waals surface area contributed by atoms with E-state index >= 15 is 0 Å². The summed E-state index contributed by atoms with van der Waals surface area (Å²) < 4.78 is 10.1. The molecule has 20 heavy (non-hydrogen) atoms. The number of thiol groups is 1. The van der Waals surface area contributed by atoms with Gasteiger partial charge in [-0.3, -0.25) is 10.1 Å². The van der Waals surface area contributed by atoms with Crippen LogP contribution in [-0.4, -0.2) is 44.4 Å². The number of hydrogen-bond acceptors (Lipinski definition) is 7. The van der Waals surface area contributed by atoms with Gasteiger partial charge in [-0.15, -0.1) is 12.6 Å². The highest BCUT2D eigenvalue weighted by Gasteiger charge is 2.07. The molecule has 7 nitrogen and oxygen atoms in total. The molecule has 0 amide bonds. The van der Waals surface area contributed by atoms with E-state index in [9.17, 15) is 10.1 Å². The molecule has 1 aromatic carbocycles. The molecule has 0 bridgehead atoms. The largest absolute Gasteiger partial charge is 0.378 e. The Balaban J connectivity index is 0.000000361. The number of nitrogens with two attached hydrogens (primary N) is 2. The van der Waals surface area contributed by atoms with Crippen molar-refractivity contribution in [3.05, 3.63) is 34.4 Å². The fourth-order valence-corrected chi connectivity index (χ4v) is 1.35. The van der Waals surface area contributed by atoms with Gasteiger partial charge in [0.15, 0.2) is 0 Å². The van der Waals surface area contributed by atoms with Gasteiger partial charge in [-0.05, 0) is 6.07 Å². The van der Waals surface area contributed by atoms with Gasteiger partial charge in [0.2, 0.25) is 0 Å². The summed E-state index contributed by atoms with van der Waals surface area (Å²) in [7, 11) is 0. The molecule has 0 aliphatic heterocycles. The van der Waals surface area contributed by atoms with Crippen molar-refractivity contribution < 1.29 is 14.4 Å². The molecule has 0 aliphatic rings. The van der Waals surface area contributed by atoms with Crippen LogP contribution in [0.25, 0.3) is 0 Å². The quantitative estimate of drug-likeness (QED) is 0.283. The molecule has 8 heteroatoms. The maximum atomic E-state index is 10.2. The number of ether oxygens (including phenoxy) is 2. The first-order valence-electron chi connectivity index (χ1n) is 6.11. The van der Waals surface area contributed by atoms with Crippen LogP contribution in [0.2, 0.25) is 0 Å².